The average Bonchev–Trinajstić information content (AvgIpc) is 2.97. The lowest BCUT2D eigenvalue weighted by atomic mass is 9.84. The van der Waals surface area contributed by atoms with E-state index in [-0.39, 0.29) is 0 Å². The van der Waals surface area contributed by atoms with Crippen LogP contribution in [-0.4, -0.2) is 9.97 Å². The normalized spacial score (nSPS) is 11.9. The van der Waals surface area contributed by atoms with Gasteiger partial charge in [-0.1, -0.05) is 143 Å². The SMILES string of the molecule is CC(C)c1cc(C(C)C)cc(C(C)C)c1.Cc1ncc(C(C)C)c(C(C)C)c1C(C)C.Cc1ncc(CC(C)C)c(CC(C)C)c1C(C)C. The summed E-state index contributed by atoms with van der Waals surface area (Å²) in [6, 6.07) is 7.09. The Bertz CT molecular complexity index is 1350. The van der Waals surface area contributed by atoms with Crippen molar-refractivity contribution in [1.29, 1.82) is 0 Å². The highest BCUT2D eigenvalue weighted by Gasteiger charge is 2.19. The van der Waals surface area contributed by atoms with Gasteiger partial charge < -0.3 is 0 Å². The second-order valence-corrected chi connectivity index (χ2v) is 17.6. The second-order valence-electron chi connectivity index (χ2n) is 17.6. The fourth-order valence-electron chi connectivity index (χ4n) is 6.94. The molecule has 0 amide bonds. The van der Waals surface area contributed by atoms with E-state index in [1.165, 1.54) is 62.3 Å². The summed E-state index contributed by atoms with van der Waals surface area (Å²) in [5.74, 6) is 5.54. The first-order chi connectivity index (χ1) is 22.6. The third-order valence-corrected chi connectivity index (χ3v) is 9.50. The van der Waals surface area contributed by atoms with Crippen LogP contribution in [0.15, 0.2) is 30.6 Å². The van der Waals surface area contributed by atoms with Gasteiger partial charge >= 0.3 is 0 Å². The van der Waals surface area contributed by atoms with Gasteiger partial charge in [0.05, 0.1) is 0 Å². The summed E-state index contributed by atoms with van der Waals surface area (Å²) in [5.41, 5.74) is 15.8. The van der Waals surface area contributed by atoms with Crippen LogP contribution in [0.4, 0.5) is 0 Å². The quantitative estimate of drug-likeness (QED) is 0.203. The largest absolute Gasteiger partial charge is 0.261 e. The molecule has 0 radical (unpaired) electrons. The molecule has 0 fully saturated rings. The molecular weight excluding hydrogens is 593 g/mol. The fourth-order valence-corrected chi connectivity index (χ4v) is 6.94. The third-order valence-electron chi connectivity index (χ3n) is 9.50. The number of aryl methyl sites for hydroxylation is 2. The van der Waals surface area contributed by atoms with Crippen LogP contribution in [0.2, 0.25) is 0 Å². The zero-order valence-corrected chi connectivity index (χ0v) is 35.9. The first kappa shape index (κ1) is 44.5. The van der Waals surface area contributed by atoms with E-state index in [1.807, 2.05) is 0 Å². The zero-order chi connectivity index (χ0) is 37.9. The van der Waals surface area contributed by atoms with Gasteiger partial charge in [0, 0.05) is 23.8 Å². The smallest absolute Gasteiger partial charge is 0.0410 e. The van der Waals surface area contributed by atoms with Crippen molar-refractivity contribution in [1.82, 2.24) is 9.97 Å². The summed E-state index contributed by atoms with van der Waals surface area (Å²) in [7, 11) is 0. The lowest BCUT2D eigenvalue weighted by Gasteiger charge is -2.23. The molecule has 2 heterocycles. The van der Waals surface area contributed by atoms with Gasteiger partial charge in [-0.15, -0.1) is 0 Å². The molecule has 0 unspecified atom stereocenters. The number of pyridine rings is 2. The molecule has 0 N–H and O–H groups in total. The molecular formula is C47H78N2. The number of hydrogen-bond acceptors (Lipinski definition) is 2. The molecule has 49 heavy (non-hydrogen) atoms. The summed E-state index contributed by atoms with van der Waals surface area (Å²) in [5, 5.41) is 0. The Morgan fingerprint density at radius 1 is 0.408 bits per heavy atom. The average molecular weight is 671 g/mol. The Morgan fingerprint density at radius 3 is 1.10 bits per heavy atom. The molecule has 0 aliphatic carbocycles. The Balaban J connectivity index is 0.000000369. The van der Waals surface area contributed by atoms with Crippen LogP contribution in [0, 0.1) is 25.7 Å². The van der Waals surface area contributed by atoms with Crippen molar-refractivity contribution in [2.24, 2.45) is 11.8 Å². The van der Waals surface area contributed by atoms with Gasteiger partial charge in [0.1, 0.15) is 0 Å². The van der Waals surface area contributed by atoms with E-state index < -0.39 is 0 Å². The highest BCUT2D eigenvalue weighted by Crippen LogP contribution is 2.34. The van der Waals surface area contributed by atoms with Crippen LogP contribution >= 0.6 is 0 Å². The first-order valence-corrected chi connectivity index (χ1v) is 19.7. The van der Waals surface area contributed by atoms with Crippen molar-refractivity contribution < 1.29 is 0 Å². The molecule has 1 aromatic carbocycles. The predicted octanol–water partition coefficient (Wildman–Crippen LogP) is 14.7. The van der Waals surface area contributed by atoms with Gasteiger partial charge in [-0.2, -0.15) is 0 Å². The lowest BCUT2D eigenvalue weighted by Crippen LogP contribution is -2.11. The highest BCUT2D eigenvalue weighted by molar-refractivity contribution is 5.42. The van der Waals surface area contributed by atoms with E-state index in [0.29, 0.717) is 53.3 Å². The Hall–Kier alpha value is -2.48. The summed E-state index contributed by atoms with van der Waals surface area (Å²) in [6.45, 7) is 45.2. The first-order valence-electron chi connectivity index (χ1n) is 19.7. The molecule has 0 aliphatic rings. The van der Waals surface area contributed by atoms with Crippen LogP contribution in [-0.2, 0) is 12.8 Å². The number of rotatable bonds is 11. The number of aromatic nitrogens is 2. The Kier molecular flexibility index (Phi) is 18.5. The van der Waals surface area contributed by atoms with Crippen molar-refractivity contribution in [2.45, 2.75) is 193 Å². The predicted molar refractivity (Wildman–Crippen MR) is 220 cm³/mol. The van der Waals surface area contributed by atoms with Crippen LogP contribution in [0.5, 0.6) is 0 Å². The zero-order valence-electron chi connectivity index (χ0n) is 35.9. The highest BCUT2D eigenvalue weighted by atomic mass is 14.7. The van der Waals surface area contributed by atoms with Gasteiger partial charge in [0.25, 0.3) is 0 Å². The lowest BCUT2D eigenvalue weighted by molar-refractivity contribution is 0.604. The van der Waals surface area contributed by atoms with Crippen LogP contribution < -0.4 is 0 Å². The molecule has 0 atom stereocenters. The minimum atomic E-state index is 0.558. The van der Waals surface area contributed by atoms with Gasteiger partial charge in [0.15, 0.2) is 0 Å². The van der Waals surface area contributed by atoms with Gasteiger partial charge in [-0.25, -0.2) is 0 Å². The summed E-state index contributed by atoms with van der Waals surface area (Å²) >= 11 is 0. The molecule has 2 nitrogen and oxygen atoms in total. The molecule has 0 bridgehead atoms. The maximum Gasteiger partial charge on any atom is 0.0410 e. The van der Waals surface area contributed by atoms with Crippen LogP contribution in [0.1, 0.15) is 228 Å². The molecule has 276 valence electrons. The van der Waals surface area contributed by atoms with Gasteiger partial charge in [-0.3, -0.25) is 9.97 Å². The summed E-state index contributed by atoms with van der Waals surface area (Å²) < 4.78 is 0. The standard InChI is InChI=1S/C17H29N.C15H25N.C15H24/c1-11(2)8-15-10-18-14(7)17(13(5)6)16(15)9-12(3)4;1-9(2)13-8-16-12(7)14(10(3)4)15(13)11(5)6;1-10(2)13-7-14(11(3)4)9-15(8-13)12(5)6/h10-13H,8-9H2,1-7H3;8-11H,1-7H3;7-12H,1-6H3. The van der Waals surface area contributed by atoms with E-state index >= 15 is 0 Å². The van der Waals surface area contributed by atoms with E-state index in [4.69, 9.17) is 0 Å². The molecule has 3 aromatic rings. The molecule has 0 spiro atoms. The topological polar surface area (TPSA) is 25.8 Å². The number of hydrogen-bond donors (Lipinski definition) is 0. The molecule has 0 saturated heterocycles. The molecule has 3 rings (SSSR count). The van der Waals surface area contributed by atoms with Crippen LogP contribution in [0.25, 0.3) is 0 Å². The van der Waals surface area contributed by atoms with Crippen molar-refractivity contribution in [3.05, 3.63) is 92.1 Å². The van der Waals surface area contributed by atoms with Gasteiger partial charge in [0.2, 0.25) is 0 Å². The van der Waals surface area contributed by atoms with E-state index in [9.17, 15) is 0 Å². The van der Waals surface area contributed by atoms with Gasteiger partial charge in [-0.05, 0) is 130 Å². The Labute approximate surface area is 305 Å². The molecule has 0 saturated carbocycles. The van der Waals surface area contributed by atoms with Crippen LogP contribution in [0.3, 0.4) is 0 Å². The number of benzene rings is 1. The third kappa shape index (κ3) is 13.6. The minimum absolute atomic E-state index is 0.558. The second kappa shape index (κ2) is 20.4. The maximum absolute atomic E-state index is 4.62. The molecule has 2 heteroatoms. The van der Waals surface area contributed by atoms with Crippen molar-refractivity contribution in [3.63, 3.8) is 0 Å². The van der Waals surface area contributed by atoms with Crippen molar-refractivity contribution in [3.8, 4) is 0 Å². The van der Waals surface area contributed by atoms with E-state index in [0.717, 1.165) is 6.42 Å². The van der Waals surface area contributed by atoms with Crippen molar-refractivity contribution >= 4 is 0 Å². The molecule has 2 aromatic heterocycles. The van der Waals surface area contributed by atoms with E-state index in [1.54, 1.807) is 5.56 Å². The summed E-state index contributed by atoms with van der Waals surface area (Å²) in [6.07, 6.45) is 6.51. The Morgan fingerprint density at radius 2 is 0.776 bits per heavy atom. The van der Waals surface area contributed by atoms with Crippen molar-refractivity contribution in [2.75, 3.05) is 0 Å². The summed E-state index contributed by atoms with van der Waals surface area (Å²) in [4.78, 5) is 9.19. The van der Waals surface area contributed by atoms with E-state index in [2.05, 4.69) is 179 Å². The fraction of sp³-hybridized carbons (Fsp3) is 0.660. The monoisotopic (exact) mass is 671 g/mol. The molecule has 0 aliphatic heterocycles. The number of nitrogens with zero attached hydrogens (tertiary/aromatic N) is 2. The minimum Gasteiger partial charge on any atom is -0.261 e. The maximum atomic E-state index is 4.62.